The molecule has 0 saturated heterocycles. The highest BCUT2D eigenvalue weighted by Crippen LogP contribution is 2.24. The van der Waals surface area contributed by atoms with Crippen LogP contribution in [0.25, 0.3) is 0 Å². The summed E-state index contributed by atoms with van der Waals surface area (Å²) in [5.41, 5.74) is 6.51. The molecule has 0 radical (unpaired) electrons. The summed E-state index contributed by atoms with van der Waals surface area (Å²) in [7, 11) is 0. The molecular formula is C11H21N3OS. The molecule has 0 aliphatic rings. The van der Waals surface area contributed by atoms with Crippen LogP contribution in [0.15, 0.2) is 0 Å². The highest BCUT2D eigenvalue weighted by Gasteiger charge is 2.16. The van der Waals surface area contributed by atoms with E-state index in [1.54, 1.807) is 0 Å². The Morgan fingerprint density at radius 2 is 2.19 bits per heavy atom. The van der Waals surface area contributed by atoms with E-state index in [1.165, 1.54) is 11.3 Å². The lowest BCUT2D eigenvalue weighted by Gasteiger charge is -2.24. The lowest BCUT2D eigenvalue weighted by atomic mass is 10.0. The van der Waals surface area contributed by atoms with E-state index in [2.05, 4.69) is 31.1 Å². The summed E-state index contributed by atoms with van der Waals surface area (Å²) in [6, 6.07) is 0. The Morgan fingerprint density at radius 3 is 2.69 bits per heavy atom. The number of aryl methyl sites for hydroxylation is 1. The molecule has 0 aliphatic heterocycles. The van der Waals surface area contributed by atoms with Gasteiger partial charge in [-0.15, -0.1) is 0 Å². The average Bonchev–Trinajstić information content (AvgIpc) is 2.45. The van der Waals surface area contributed by atoms with Gasteiger partial charge in [-0.1, -0.05) is 24.7 Å². The maximum Gasteiger partial charge on any atom is 0.186 e. The first kappa shape index (κ1) is 13.3. The van der Waals surface area contributed by atoms with E-state index in [-0.39, 0.29) is 5.60 Å². The van der Waals surface area contributed by atoms with Crippen molar-refractivity contribution in [2.75, 3.05) is 17.8 Å². The van der Waals surface area contributed by atoms with Crippen LogP contribution in [0.1, 0.15) is 39.3 Å². The van der Waals surface area contributed by atoms with E-state index in [1.807, 2.05) is 6.92 Å². The SMILES string of the molecule is CCCC(C)(C)OCNc1nc(C)c(N)s1. The van der Waals surface area contributed by atoms with Gasteiger partial charge in [-0.05, 0) is 27.2 Å². The van der Waals surface area contributed by atoms with Crippen molar-refractivity contribution in [1.82, 2.24) is 4.98 Å². The quantitative estimate of drug-likeness (QED) is 0.754. The highest BCUT2D eigenvalue weighted by molar-refractivity contribution is 7.19. The Kier molecular flexibility index (Phi) is 4.56. The Hall–Kier alpha value is -0.810. The van der Waals surface area contributed by atoms with Crippen molar-refractivity contribution in [3.05, 3.63) is 5.69 Å². The monoisotopic (exact) mass is 243 g/mol. The highest BCUT2D eigenvalue weighted by atomic mass is 32.1. The van der Waals surface area contributed by atoms with Gasteiger partial charge in [0.25, 0.3) is 0 Å². The molecule has 92 valence electrons. The Labute approximate surface area is 101 Å². The Bertz CT molecular complexity index is 316. The summed E-state index contributed by atoms with van der Waals surface area (Å²) in [5, 5.41) is 4.71. The molecule has 0 saturated carbocycles. The lowest BCUT2D eigenvalue weighted by Crippen LogP contribution is -2.27. The van der Waals surface area contributed by atoms with Gasteiger partial charge in [0.2, 0.25) is 0 Å². The van der Waals surface area contributed by atoms with Crippen molar-refractivity contribution in [2.24, 2.45) is 0 Å². The van der Waals surface area contributed by atoms with Crippen LogP contribution in [0.4, 0.5) is 10.1 Å². The number of hydrogen-bond acceptors (Lipinski definition) is 5. The van der Waals surface area contributed by atoms with Crippen LogP contribution in [0.5, 0.6) is 0 Å². The number of nitrogens with two attached hydrogens (primary N) is 1. The molecule has 0 bridgehead atoms. The number of nitrogen functional groups attached to an aromatic ring is 1. The summed E-state index contributed by atoms with van der Waals surface area (Å²) < 4.78 is 5.74. The van der Waals surface area contributed by atoms with Gasteiger partial charge in [0.05, 0.1) is 11.3 Å². The molecule has 1 aromatic heterocycles. The second-order valence-electron chi connectivity index (χ2n) is 4.44. The molecule has 0 atom stereocenters. The van der Waals surface area contributed by atoms with Gasteiger partial charge in [0.1, 0.15) is 11.7 Å². The molecule has 0 aromatic carbocycles. The number of nitrogens with zero attached hydrogens (tertiary/aromatic N) is 1. The molecule has 0 amide bonds. The zero-order valence-corrected chi connectivity index (χ0v) is 11.3. The third kappa shape index (κ3) is 3.98. The van der Waals surface area contributed by atoms with Crippen LogP contribution in [0.3, 0.4) is 0 Å². The van der Waals surface area contributed by atoms with E-state index < -0.39 is 0 Å². The predicted molar refractivity (Wildman–Crippen MR) is 69.8 cm³/mol. The zero-order chi connectivity index (χ0) is 12.2. The minimum Gasteiger partial charge on any atom is -0.389 e. The number of nitrogens with one attached hydrogen (secondary N) is 1. The van der Waals surface area contributed by atoms with Crippen LogP contribution >= 0.6 is 11.3 Å². The first-order chi connectivity index (χ1) is 7.44. The van der Waals surface area contributed by atoms with Crippen LogP contribution < -0.4 is 11.1 Å². The molecule has 0 spiro atoms. The van der Waals surface area contributed by atoms with E-state index in [0.29, 0.717) is 6.73 Å². The predicted octanol–water partition coefficient (Wildman–Crippen LogP) is 3.00. The lowest BCUT2D eigenvalue weighted by molar-refractivity contribution is -0.0136. The normalized spacial score (nSPS) is 11.8. The first-order valence-electron chi connectivity index (χ1n) is 5.55. The van der Waals surface area contributed by atoms with Gasteiger partial charge < -0.3 is 15.8 Å². The number of ether oxygens (including phenoxy) is 1. The third-order valence-electron chi connectivity index (χ3n) is 2.37. The standard InChI is InChI=1S/C11H21N3OS/c1-5-6-11(3,4)15-7-13-10-14-8(2)9(12)16-10/h5-7,12H2,1-4H3,(H,13,14). The number of anilines is 2. The number of thiazole rings is 1. The minimum atomic E-state index is -0.0837. The van der Waals surface area contributed by atoms with E-state index in [9.17, 15) is 0 Å². The average molecular weight is 243 g/mol. The zero-order valence-electron chi connectivity index (χ0n) is 10.5. The van der Waals surface area contributed by atoms with Gasteiger partial charge in [0, 0.05) is 0 Å². The van der Waals surface area contributed by atoms with Gasteiger partial charge in [-0.3, -0.25) is 0 Å². The van der Waals surface area contributed by atoms with Gasteiger partial charge in [-0.2, -0.15) is 0 Å². The Balaban J connectivity index is 2.35. The summed E-state index contributed by atoms with van der Waals surface area (Å²) in [4.78, 5) is 4.28. The fraction of sp³-hybridized carbons (Fsp3) is 0.727. The van der Waals surface area contributed by atoms with Crippen molar-refractivity contribution < 1.29 is 4.74 Å². The molecule has 1 aromatic rings. The molecule has 0 aliphatic carbocycles. The van der Waals surface area contributed by atoms with Crippen LogP contribution in [0, 0.1) is 6.92 Å². The molecule has 0 unspecified atom stereocenters. The smallest absolute Gasteiger partial charge is 0.186 e. The van der Waals surface area contributed by atoms with Crippen LogP contribution in [0.2, 0.25) is 0 Å². The molecule has 1 rings (SSSR count). The van der Waals surface area contributed by atoms with Crippen molar-refractivity contribution in [3.63, 3.8) is 0 Å². The van der Waals surface area contributed by atoms with Crippen molar-refractivity contribution in [2.45, 2.75) is 46.1 Å². The minimum absolute atomic E-state index is 0.0837. The molecule has 1 heterocycles. The first-order valence-corrected chi connectivity index (χ1v) is 6.37. The maximum absolute atomic E-state index is 5.74. The van der Waals surface area contributed by atoms with Crippen LogP contribution in [-0.4, -0.2) is 17.3 Å². The summed E-state index contributed by atoms with van der Waals surface area (Å²) >= 11 is 1.45. The topological polar surface area (TPSA) is 60.2 Å². The van der Waals surface area contributed by atoms with Gasteiger partial charge >= 0.3 is 0 Å². The van der Waals surface area contributed by atoms with E-state index >= 15 is 0 Å². The molecule has 4 nitrogen and oxygen atoms in total. The fourth-order valence-electron chi connectivity index (χ4n) is 1.45. The number of hydrogen-bond donors (Lipinski definition) is 2. The fourth-order valence-corrected chi connectivity index (χ4v) is 2.17. The summed E-state index contributed by atoms with van der Waals surface area (Å²) in [6.45, 7) is 8.72. The van der Waals surface area contributed by atoms with Crippen molar-refractivity contribution >= 4 is 21.5 Å². The van der Waals surface area contributed by atoms with Crippen LogP contribution in [-0.2, 0) is 4.74 Å². The number of aromatic nitrogens is 1. The second kappa shape index (κ2) is 5.50. The molecule has 3 N–H and O–H groups in total. The third-order valence-corrected chi connectivity index (χ3v) is 3.32. The molecule has 16 heavy (non-hydrogen) atoms. The van der Waals surface area contributed by atoms with Gasteiger partial charge in [-0.25, -0.2) is 4.98 Å². The molecule has 0 fully saturated rings. The largest absolute Gasteiger partial charge is 0.389 e. The Morgan fingerprint density at radius 1 is 1.50 bits per heavy atom. The van der Waals surface area contributed by atoms with Crippen molar-refractivity contribution in [3.8, 4) is 0 Å². The molecule has 5 heteroatoms. The van der Waals surface area contributed by atoms with E-state index in [0.717, 1.165) is 28.7 Å². The number of rotatable bonds is 6. The van der Waals surface area contributed by atoms with Crippen molar-refractivity contribution in [1.29, 1.82) is 0 Å². The molecular weight excluding hydrogens is 222 g/mol. The van der Waals surface area contributed by atoms with Gasteiger partial charge in [0.15, 0.2) is 5.13 Å². The van der Waals surface area contributed by atoms with E-state index in [4.69, 9.17) is 10.5 Å². The maximum atomic E-state index is 5.74. The second-order valence-corrected chi connectivity index (χ2v) is 5.47. The summed E-state index contributed by atoms with van der Waals surface area (Å²) in [6.07, 6.45) is 2.17. The summed E-state index contributed by atoms with van der Waals surface area (Å²) in [5.74, 6) is 0.